The van der Waals surface area contributed by atoms with Crippen LogP contribution in [-0.2, 0) is 27.6 Å². The molecule has 36 heavy (non-hydrogen) atoms. The number of nitrogen functional groups attached to an aromatic ring is 1. The van der Waals surface area contributed by atoms with Crippen molar-refractivity contribution in [2.45, 2.75) is 58.0 Å². The van der Waals surface area contributed by atoms with Gasteiger partial charge in [0.05, 0.1) is 44.7 Å². The normalized spacial score (nSPS) is 19.6. The second-order valence-electron chi connectivity index (χ2n) is 8.81. The van der Waals surface area contributed by atoms with Crippen molar-refractivity contribution < 1.29 is 32.4 Å². The minimum Gasteiger partial charge on any atom is -0.444 e. The van der Waals surface area contributed by atoms with Crippen LogP contribution in [0.4, 0.5) is 10.7 Å². The standard InChI is InChI=1S/C20H30N7O8P/c1-20(2,3)35-19(29)23-8-10-32-36(30,31-9-4-7-21)33-11-13-5-6-14(34-13)27-12-24-15-16(27)25-18(22)26-17(15)28/h12-14H,4-6,8-11H2,1-3H3,(H,23,29)(H3,22,25,26,28)/t13-,14+,36?/m0/s1. The van der Waals surface area contributed by atoms with Crippen molar-refractivity contribution in [2.24, 2.45) is 0 Å². The van der Waals surface area contributed by atoms with Gasteiger partial charge in [0.1, 0.15) is 11.8 Å². The summed E-state index contributed by atoms with van der Waals surface area (Å²) in [5, 5.41) is 11.2. The van der Waals surface area contributed by atoms with Gasteiger partial charge in [-0.15, -0.1) is 0 Å². The Hall–Kier alpha value is -3.02. The number of aromatic nitrogens is 4. The van der Waals surface area contributed by atoms with E-state index in [-0.39, 0.29) is 49.9 Å². The molecular formula is C20H30N7O8P. The SMILES string of the molecule is CC(C)(C)OC(=O)NCCOP(=O)(OCCC#N)OC[C@@H]1CC[C@H](n2cnc3c(=O)[nH]c(N)nc32)O1. The number of amides is 1. The van der Waals surface area contributed by atoms with Gasteiger partial charge >= 0.3 is 13.9 Å². The lowest BCUT2D eigenvalue weighted by Crippen LogP contribution is -2.34. The number of nitrogens with two attached hydrogens (primary N) is 1. The highest BCUT2D eigenvalue weighted by molar-refractivity contribution is 7.48. The van der Waals surface area contributed by atoms with Crippen LogP contribution >= 0.6 is 7.82 Å². The van der Waals surface area contributed by atoms with E-state index in [9.17, 15) is 14.2 Å². The third kappa shape index (κ3) is 7.74. The highest BCUT2D eigenvalue weighted by Gasteiger charge is 2.33. The fourth-order valence-electron chi connectivity index (χ4n) is 3.28. The molecule has 1 fully saturated rings. The van der Waals surface area contributed by atoms with Crippen LogP contribution in [0.25, 0.3) is 11.2 Å². The van der Waals surface area contributed by atoms with Crippen molar-refractivity contribution in [3.8, 4) is 6.07 Å². The Morgan fingerprint density at radius 1 is 1.36 bits per heavy atom. The number of anilines is 1. The van der Waals surface area contributed by atoms with Crippen LogP contribution in [0.5, 0.6) is 0 Å². The summed E-state index contributed by atoms with van der Waals surface area (Å²) >= 11 is 0. The molecule has 16 heteroatoms. The Bertz CT molecular complexity index is 1200. The molecule has 0 saturated carbocycles. The zero-order valence-corrected chi connectivity index (χ0v) is 21.2. The molecule has 0 radical (unpaired) electrons. The van der Waals surface area contributed by atoms with Gasteiger partial charge in [0, 0.05) is 6.54 Å². The number of rotatable bonds is 11. The number of carbonyl (C=O) groups is 1. The van der Waals surface area contributed by atoms with E-state index in [1.807, 2.05) is 6.07 Å². The third-order valence-electron chi connectivity index (χ3n) is 4.75. The van der Waals surface area contributed by atoms with E-state index >= 15 is 0 Å². The fraction of sp³-hybridized carbons (Fsp3) is 0.650. The minimum absolute atomic E-state index is 0.00512. The van der Waals surface area contributed by atoms with Gasteiger partial charge in [0.25, 0.3) is 5.56 Å². The summed E-state index contributed by atoms with van der Waals surface area (Å²) in [5.74, 6) is -0.0408. The number of nitrogens with zero attached hydrogens (tertiary/aromatic N) is 4. The van der Waals surface area contributed by atoms with Crippen molar-refractivity contribution in [3.63, 3.8) is 0 Å². The first-order valence-electron chi connectivity index (χ1n) is 11.2. The van der Waals surface area contributed by atoms with Crippen LogP contribution in [0.2, 0.25) is 0 Å². The van der Waals surface area contributed by atoms with Gasteiger partial charge in [-0.3, -0.25) is 27.9 Å². The maximum atomic E-state index is 13.0. The molecule has 3 atom stereocenters. The summed E-state index contributed by atoms with van der Waals surface area (Å²) < 4.78 is 41.7. The molecule has 1 aliphatic heterocycles. The van der Waals surface area contributed by atoms with Crippen molar-refractivity contribution in [2.75, 3.05) is 32.1 Å². The number of phosphoric ester groups is 1. The summed E-state index contributed by atoms with van der Waals surface area (Å²) in [4.78, 5) is 34.3. The molecule has 198 valence electrons. The lowest BCUT2D eigenvalue weighted by molar-refractivity contribution is -0.0243. The molecule has 2 aromatic rings. The molecule has 0 bridgehead atoms. The van der Waals surface area contributed by atoms with E-state index in [1.165, 1.54) is 6.33 Å². The molecule has 1 saturated heterocycles. The van der Waals surface area contributed by atoms with Gasteiger partial charge in [-0.05, 0) is 33.6 Å². The van der Waals surface area contributed by atoms with E-state index < -0.39 is 37.4 Å². The Kier molecular flexibility index (Phi) is 9.04. The van der Waals surface area contributed by atoms with E-state index in [2.05, 4.69) is 20.3 Å². The number of alkyl carbamates (subject to hydrolysis) is 1. The van der Waals surface area contributed by atoms with Crippen molar-refractivity contribution >= 4 is 31.0 Å². The summed E-state index contributed by atoms with van der Waals surface area (Å²) in [7, 11) is -4.05. The van der Waals surface area contributed by atoms with Crippen LogP contribution in [0, 0.1) is 11.3 Å². The molecule has 0 spiro atoms. The lowest BCUT2D eigenvalue weighted by atomic mass is 10.2. The number of nitrogens with one attached hydrogen (secondary N) is 2. The third-order valence-corrected chi connectivity index (χ3v) is 6.21. The number of phosphoric acid groups is 1. The Morgan fingerprint density at radius 3 is 2.83 bits per heavy atom. The topological polar surface area (TPSA) is 206 Å². The van der Waals surface area contributed by atoms with E-state index in [0.29, 0.717) is 12.8 Å². The molecule has 1 unspecified atom stereocenters. The Morgan fingerprint density at radius 2 is 2.11 bits per heavy atom. The fourth-order valence-corrected chi connectivity index (χ4v) is 4.48. The number of imidazole rings is 1. The first-order chi connectivity index (χ1) is 17.0. The number of carbonyl (C=O) groups excluding carboxylic acids is 1. The molecule has 3 rings (SSSR count). The molecule has 0 aliphatic carbocycles. The first-order valence-corrected chi connectivity index (χ1v) is 12.7. The van der Waals surface area contributed by atoms with Gasteiger partial charge in [-0.2, -0.15) is 10.2 Å². The second-order valence-corrected chi connectivity index (χ2v) is 10.5. The summed E-state index contributed by atoms with van der Waals surface area (Å²) in [5.41, 5.74) is 4.94. The Balaban J connectivity index is 1.54. The highest BCUT2D eigenvalue weighted by atomic mass is 31.2. The molecule has 1 amide bonds. The van der Waals surface area contributed by atoms with Crippen LogP contribution in [0.15, 0.2) is 11.1 Å². The first kappa shape index (κ1) is 27.6. The predicted molar refractivity (Wildman–Crippen MR) is 126 cm³/mol. The number of H-pyrrole nitrogens is 1. The smallest absolute Gasteiger partial charge is 0.444 e. The largest absolute Gasteiger partial charge is 0.474 e. The average molecular weight is 527 g/mol. The number of fused-ring (bicyclic) bond motifs is 1. The zero-order valence-electron chi connectivity index (χ0n) is 20.3. The van der Waals surface area contributed by atoms with Gasteiger partial charge in [-0.1, -0.05) is 0 Å². The van der Waals surface area contributed by atoms with Gasteiger partial charge in [0.2, 0.25) is 5.95 Å². The lowest BCUT2D eigenvalue weighted by Gasteiger charge is -2.21. The maximum Gasteiger partial charge on any atom is 0.474 e. The van der Waals surface area contributed by atoms with Gasteiger partial charge in [-0.25, -0.2) is 14.3 Å². The molecular weight excluding hydrogens is 497 g/mol. The molecule has 0 aromatic carbocycles. The average Bonchev–Trinajstić information content (AvgIpc) is 3.41. The van der Waals surface area contributed by atoms with E-state index in [0.717, 1.165) is 0 Å². The van der Waals surface area contributed by atoms with Crippen molar-refractivity contribution in [1.82, 2.24) is 24.8 Å². The summed E-state index contributed by atoms with van der Waals surface area (Å²) in [6.07, 6.45) is 0.908. The van der Waals surface area contributed by atoms with Crippen molar-refractivity contribution in [3.05, 3.63) is 16.7 Å². The summed E-state index contributed by atoms with van der Waals surface area (Å²) in [6.45, 7) is 4.71. The monoisotopic (exact) mass is 527 g/mol. The predicted octanol–water partition coefficient (Wildman–Crippen LogP) is 1.98. The number of hydrogen-bond acceptors (Lipinski definition) is 12. The second kappa shape index (κ2) is 11.8. The van der Waals surface area contributed by atoms with Crippen LogP contribution < -0.4 is 16.6 Å². The highest BCUT2D eigenvalue weighted by Crippen LogP contribution is 2.50. The van der Waals surface area contributed by atoms with Crippen molar-refractivity contribution in [1.29, 1.82) is 5.26 Å². The maximum absolute atomic E-state index is 13.0. The molecule has 3 heterocycles. The molecule has 4 N–H and O–H groups in total. The quantitative estimate of drug-likeness (QED) is 0.283. The van der Waals surface area contributed by atoms with Crippen LogP contribution in [0.1, 0.15) is 46.3 Å². The molecule has 1 aliphatic rings. The van der Waals surface area contributed by atoms with Gasteiger partial charge in [0.15, 0.2) is 11.2 Å². The van der Waals surface area contributed by atoms with Crippen LogP contribution in [-0.4, -0.2) is 63.7 Å². The van der Waals surface area contributed by atoms with E-state index in [1.54, 1.807) is 25.3 Å². The minimum atomic E-state index is -4.05. The Labute approximate surface area is 206 Å². The number of ether oxygens (including phenoxy) is 2. The number of aromatic amines is 1. The molecule has 2 aromatic heterocycles. The zero-order chi connectivity index (χ0) is 26.3. The van der Waals surface area contributed by atoms with Crippen LogP contribution in [0.3, 0.4) is 0 Å². The van der Waals surface area contributed by atoms with Gasteiger partial charge < -0.3 is 20.5 Å². The number of hydrogen-bond donors (Lipinski definition) is 3. The summed E-state index contributed by atoms with van der Waals surface area (Å²) in [6, 6.07) is 1.88. The van der Waals surface area contributed by atoms with E-state index in [4.69, 9.17) is 34.0 Å². The molecule has 15 nitrogen and oxygen atoms in total. The number of nitriles is 1.